The van der Waals surface area contributed by atoms with E-state index in [1.54, 1.807) is 29.0 Å². The van der Waals surface area contributed by atoms with E-state index in [1.165, 1.54) is 18.7 Å². The van der Waals surface area contributed by atoms with E-state index in [-0.39, 0.29) is 17.9 Å². The Hall–Kier alpha value is -3.43. The Balaban J connectivity index is 0.976. The summed E-state index contributed by atoms with van der Waals surface area (Å²) in [5.74, 6) is 1.56. The number of quaternary nitrogens is 1. The fourth-order valence-corrected chi connectivity index (χ4v) is 4.87. The molecule has 1 amide bonds. The number of nitrogens with zero attached hydrogens (tertiary/aromatic N) is 3. The molecule has 0 aliphatic carbocycles. The average molecular weight is 464 g/mol. The molecular weight excluding hydrogens is 436 g/mol. The molecule has 0 unspecified atom stereocenters. The van der Waals surface area contributed by atoms with E-state index in [2.05, 4.69) is 22.3 Å². The van der Waals surface area contributed by atoms with Crippen LogP contribution in [0.25, 0.3) is 11.5 Å². The van der Waals surface area contributed by atoms with Crippen molar-refractivity contribution in [2.45, 2.75) is 12.6 Å². The molecule has 2 aromatic carbocycles. The predicted octanol–water partition coefficient (Wildman–Crippen LogP) is 1.06. The van der Waals surface area contributed by atoms with Crippen LogP contribution in [0, 0.1) is 5.41 Å². The lowest BCUT2D eigenvalue weighted by Gasteiger charge is -2.51. The molecule has 1 aromatic heterocycles. The molecule has 9 heteroatoms. The standard InChI is InChI=1S/C25H26N4O5/c1-31-19-8-4-18(5-9-19)22-26-27-23(34-22)24(30)29-11-21(12-29)33-20-6-2-17(3-7-20)10-28-13-25(14-28)15-32-16-25/h2-9,21H,10-16H2,1H3/p+1. The molecule has 0 radical (unpaired) electrons. The largest absolute Gasteiger partial charge is 0.497 e. The lowest BCUT2D eigenvalue weighted by Crippen LogP contribution is -3.22. The van der Waals surface area contributed by atoms with E-state index in [4.69, 9.17) is 18.6 Å². The lowest BCUT2D eigenvalue weighted by molar-refractivity contribution is -0.978. The number of likely N-dealkylation sites (tertiary alicyclic amines) is 2. The minimum Gasteiger partial charge on any atom is -0.497 e. The smallest absolute Gasteiger partial charge is 0.311 e. The monoisotopic (exact) mass is 463 g/mol. The molecule has 0 saturated carbocycles. The Kier molecular flexibility index (Phi) is 5.23. The topological polar surface area (TPSA) is 91.4 Å². The molecule has 176 valence electrons. The second kappa shape index (κ2) is 8.41. The Morgan fingerprint density at radius 1 is 1.06 bits per heavy atom. The van der Waals surface area contributed by atoms with E-state index < -0.39 is 0 Å². The van der Waals surface area contributed by atoms with Gasteiger partial charge in [-0.3, -0.25) is 4.79 Å². The molecule has 0 atom stereocenters. The molecule has 3 fully saturated rings. The predicted molar refractivity (Wildman–Crippen MR) is 121 cm³/mol. The average Bonchev–Trinajstić information content (AvgIpc) is 3.28. The zero-order valence-corrected chi connectivity index (χ0v) is 19.0. The van der Waals surface area contributed by atoms with Crippen molar-refractivity contribution in [1.82, 2.24) is 15.1 Å². The van der Waals surface area contributed by atoms with E-state index in [0.717, 1.165) is 36.8 Å². The van der Waals surface area contributed by atoms with Gasteiger partial charge in [0.25, 0.3) is 0 Å². The van der Waals surface area contributed by atoms with Crippen molar-refractivity contribution in [1.29, 1.82) is 0 Å². The van der Waals surface area contributed by atoms with Gasteiger partial charge < -0.3 is 28.4 Å². The van der Waals surface area contributed by atoms with Crippen molar-refractivity contribution in [2.75, 3.05) is 46.5 Å². The Labute approximate surface area is 197 Å². The number of methoxy groups -OCH3 is 1. The quantitative estimate of drug-likeness (QED) is 0.560. The fourth-order valence-electron chi connectivity index (χ4n) is 4.87. The number of benzene rings is 2. The van der Waals surface area contributed by atoms with Crippen LogP contribution in [0.1, 0.15) is 16.2 Å². The number of rotatable bonds is 7. The molecule has 0 bridgehead atoms. The maximum atomic E-state index is 12.7. The minimum absolute atomic E-state index is 0.0163. The molecule has 34 heavy (non-hydrogen) atoms. The normalized spacial score (nSPS) is 19.3. The van der Waals surface area contributed by atoms with Gasteiger partial charge in [0.15, 0.2) is 0 Å². The first-order valence-corrected chi connectivity index (χ1v) is 11.5. The van der Waals surface area contributed by atoms with Crippen molar-refractivity contribution < 1.29 is 28.3 Å². The molecule has 1 N–H and O–H groups in total. The molecule has 3 saturated heterocycles. The van der Waals surface area contributed by atoms with E-state index >= 15 is 0 Å². The first-order chi connectivity index (χ1) is 16.6. The maximum Gasteiger partial charge on any atom is 0.311 e. The summed E-state index contributed by atoms with van der Waals surface area (Å²) in [5.41, 5.74) is 2.52. The molecule has 3 aromatic rings. The Morgan fingerprint density at radius 2 is 1.76 bits per heavy atom. The number of amides is 1. The summed E-state index contributed by atoms with van der Waals surface area (Å²) in [6.45, 7) is 6.29. The van der Waals surface area contributed by atoms with Crippen LogP contribution in [-0.2, 0) is 11.3 Å². The number of nitrogens with one attached hydrogen (secondary N) is 1. The first-order valence-electron chi connectivity index (χ1n) is 11.5. The van der Waals surface area contributed by atoms with Gasteiger partial charge in [-0.15, -0.1) is 10.2 Å². The summed E-state index contributed by atoms with van der Waals surface area (Å²) < 4.78 is 22.1. The number of hydrogen-bond acceptors (Lipinski definition) is 7. The second-order valence-electron chi connectivity index (χ2n) is 9.51. The van der Waals surface area contributed by atoms with Gasteiger partial charge in [-0.1, -0.05) is 0 Å². The highest BCUT2D eigenvalue weighted by Gasteiger charge is 2.53. The molecule has 3 aliphatic heterocycles. The van der Waals surface area contributed by atoms with Gasteiger partial charge in [0, 0.05) is 11.1 Å². The molecule has 1 spiro atoms. The van der Waals surface area contributed by atoms with Crippen molar-refractivity contribution in [3.8, 4) is 23.0 Å². The van der Waals surface area contributed by atoms with E-state index in [9.17, 15) is 4.79 Å². The molecular formula is C25H27N4O5+. The Morgan fingerprint density at radius 3 is 2.41 bits per heavy atom. The number of carbonyl (C=O) groups is 1. The van der Waals surface area contributed by atoms with Gasteiger partial charge >= 0.3 is 11.8 Å². The second-order valence-corrected chi connectivity index (χ2v) is 9.51. The molecule has 9 nitrogen and oxygen atoms in total. The van der Waals surface area contributed by atoms with Crippen LogP contribution in [-0.4, -0.2) is 73.6 Å². The number of hydrogen-bond donors (Lipinski definition) is 1. The van der Waals surface area contributed by atoms with Gasteiger partial charge in [-0.05, 0) is 48.5 Å². The summed E-state index contributed by atoms with van der Waals surface area (Å²) in [4.78, 5) is 15.9. The first kappa shape index (κ1) is 21.1. The Bertz CT molecular complexity index is 1160. The van der Waals surface area contributed by atoms with E-state index in [0.29, 0.717) is 24.4 Å². The van der Waals surface area contributed by atoms with Crippen LogP contribution >= 0.6 is 0 Å². The highest BCUT2D eigenvalue weighted by atomic mass is 16.5. The van der Waals surface area contributed by atoms with Crippen molar-refractivity contribution in [3.05, 3.63) is 60.0 Å². The van der Waals surface area contributed by atoms with Crippen LogP contribution in [0.4, 0.5) is 0 Å². The lowest BCUT2D eigenvalue weighted by atomic mass is 9.78. The highest BCUT2D eigenvalue weighted by molar-refractivity contribution is 5.90. The number of carbonyl (C=O) groups excluding carboxylic acids is 1. The zero-order valence-electron chi connectivity index (χ0n) is 19.0. The van der Waals surface area contributed by atoms with Crippen LogP contribution in [0.15, 0.2) is 52.9 Å². The van der Waals surface area contributed by atoms with Crippen LogP contribution in [0.3, 0.4) is 0 Å². The van der Waals surface area contributed by atoms with Crippen molar-refractivity contribution in [3.63, 3.8) is 0 Å². The fraction of sp³-hybridized carbons (Fsp3) is 0.400. The van der Waals surface area contributed by atoms with Crippen LogP contribution in [0.2, 0.25) is 0 Å². The summed E-state index contributed by atoms with van der Waals surface area (Å²) in [6, 6.07) is 15.5. The third-order valence-corrected chi connectivity index (χ3v) is 6.83. The zero-order chi connectivity index (χ0) is 23.1. The van der Waals surface area contributed by atoms with Crippen molar-refractivity contribution in [2.24, 2.45) is 5.41 Å². The number of aromatic nitrogens is 2. The molecule has 6 rings (SSSR count). The van der Waals surface area contributed by atoms with Gasteiger partial charge in [0.05, 0.1) is 46.5 Å². The van der Waals surface area contributed by atoms with Gasteiger partial charge in [-0.2, -0.15) is 0 Å². The van der Waals surface area contributed by atoms with Crippen LogP contribution < -0.4 is 14.4 Å². The summed E-state index contributed by atoms with van der Waals surface area (Å²) in [5, 5.41) is 7.92. The summed E-state index contributed by atoms with van der Waals surface area (Å²) in [6.07, 6.45) is -0.0433. The van der Waals surface area contributed by atoms with E-state index in [1.807, 2.05) is 24.3 Å². The maximum absolute atomic E-state index is 12.7. The van der Waals surface area contributed by atoms with Gasteiger partial charge in [-0.25, -0.2) is 0 Å². The minimum atomic E-state index is -0.283. The van der Waals surface area contributed by atoms with Crippen LogP contribution in [0.5, 0.6) is 11.5 Å². The molecule has 3 aliphatic rings. The third-order valence-electron chi connectivity index (χ3n) is 6.83. The molecule has 4 heterocycles. The summed E-state index contributed by atoms with van der Waals surface area (Å²) >= 11 is 0. The number of ether oxygens (including phenoxy) is 3. The van der Waals surface area contributed by atoms with Gasteiger partial charge in [0.2, 0.25) is 5.89 Å². The SMILES string of the molecule is COc1ccc(-c2nnc(C(=O)N3CC(Oc4ccc(C[NH+]5CC6(COC6)C5)cc4)C3)o2)cc1. The van der Waals surface area contributed by atoms with Gasteiger partial charge in [0.1, 0.15) is 29.6 Å². The summed E-state index contributed by atoms with van der Waals surface area (Å²) in [7, 11) is 1.60. The third kappa shape index (κ3) is 4.01. The van der Waals surface area contributed by atoms with Crippen molar-refractivity contribution >= 4 is 5.91 Å². The highest BCUT2D eigenvalue weighted by Crippen LogP contribution is 2.29.